The van der Waals surface area contributed by atoms with E-state index in [0.29, 0.717) is 28.1 Å². The fourth-order valence-electron chi connectivity index (χ4n) is 10.0. The Morgan fingerprint density at radius 1 is 0.765 bits per heavy atom. The van der Waals surface area contributed by atoms with E-state index in [4.69, 9.17) is 0 Å². The van der Waals surface area contributed by atoms with Crippen molar-refractivity contribution in [3.05, 3.63) is 29.3 Å². The first-order chi connectivity index (χ1) is 15.9. The van der Waals surface area contributed by atoms with Gasteiger partial charge in [0.25, 0.3) is 0 Å². The first kappa shape index (κ1) is 24.1. The zero-order valence-corrected chi connectivity index (χ0v) is 22.2. The predicted molar refractivity (Wildman–Crippen MR) is 138 cm³/mol. The Hall–Kier alpha value is -1.64. The molecular weight excluding hydrogens is 420 g/mol. The van der Waals surface area contributed by atoms with Gasteiger partial charge in [0, 0.05) is 6.07 Å². The van der Waals surface area contributed by atoms with E-state index < -0.39 is 0 Å². The summed E-state index contributed by atoms with van der Waals surface area (Å²) in [5, 5.41) is 30.6. The second kappa shape index (κ2) is 7.68. The largest absolute Gasteiger partial charge is 0.508 e. The van der Waals surface area contributed by atoms with Crippen molar-refractivity contribution in [2.75, 3.05) is 0 Å². The van der Waals surface area contributed by atoms with Gasteiger partial charge in [-0.3, -0.25) is 0 Å². The topological polar surface area (TPSA) is 60.7 Å². The lowest BCUT2D eigenvalue weighted by Gasteiger charge is -2.71. The molecule has 3 nitrogen and oxygen atoms in total. The maximum absolute atomic E-state index is 10.6. The molecule has 188 valence electrons. The summed E-state index contributed by atoms with van der Waals surface area (Å²) in [4.78, 5) is 0. The molecule has 0 radical (unpaired) electrons. The third-order valence-corrected chi connectivity index (χ3v) is 12.8. The van der Waals surface area contributed by atoms with Crippen LogP contribution in [0.2, 0.25) is 0 Å². The fourth-order valence-corrected chi connectivity index (χ4v) is 10.0. The summed E-state index contributed by atoms with van der Waals surface area (Å²) in [5.41, 5.74) is 3.63. The highest BCUT2D eigenvalue weighted by Crippen LogP contribution is 2.74. The summed E-state index contributed by atoms with van der Waals surface area (Å²) in [5.74, 6) is 2.31. The van der Waals surface area contributed by atoms with Gasteiger partial charge >= 0.3 is 0 Å². The number of hydrogen-bond donors (Lipinski definition) is 3. The Kier molecular flexibility index (Phi) is 5.44. The molecule has 8 unspecified atom stereocenters. The van der Waals surface area contributed by atoms with Crippen LogP contribution in [-0.4, -0.2) is 15.3 Å². The minimum atomic E-state index is -0.246. The number of phenols is 3. The number of fused-ring (bicyclic) bond motifs is 5. The number of phenolic OH excluding ortho intramolecular Hbond substituents is 3. The van der Waals surface area contributed by atoms with Gasteiger partial charge in [0.05, 0.1) is 0 Å². The Morgan fingerprint density at radius 3 is 2.12 bits per heavy atom. The molecular formula is C31H46O3. The average Bonchev–Trinajstić information content (AvgIpc) is 2.77. The van der Waals surface area contributed by atoms with E-state index >= 15 is 0 Å². The summed E-state index contributed by atoms with van der Waals surface area (Å²) in [7, 11) is 0. The highest BCUT2D eigenvalue weighted by atomic mass is 16.3. The van der Waals surface area contributed by atoms with Crippen LogP contribution in [0.15, 0.2) is 23.8 Å². The number of rotatable bonds is 2. The van der Waals surface area contributed by atoms with E-state index in [1.54, 1.807) is 11.6 Å². The summed E-state index contributed by atoms with van der Waals surface area (Å²) in [6, 6.07) is 2.89. The van der Waals surface area contributed by atoms with Gasteiger partial charge in [0.2, 0.25) is 0 Å². The predicted octanol–water partition coefficient (Wildman–Crippen LogP) is 7.98. The minimum Gasteiger partial charge on any atom is -0.508 e. The molecule has 3 N–H and O–H groups in total. The molecule has 0 aromatic heterocycles. The van der Waals surface area contributed by atoms with Crippen molar-refractivity contribution >= 4 is 0 Å². The van der Waals surface area contributed by atoms with Crippen molar-refractivity contribution in [2.24, 2.45) is 45.3 Å². The quantitative estimate of drug-likeness (QED) is 0.235. The molecule has 0 bridgehead atoms. The van der Waals surface area contributed by atoms with E-state index in [1.807, 2.05) is 0 Å². The van der Waals surface area contributed by atoms with Gasteiger partial charge in [0.1, 0.15) is 5.75 Å². The van der Waals surface area contributed by atoms with Crippen molar-refractivity contribution in [1.29, 1.82) is 0 Å². The maximum atomic E-state index is 10.6. The van der Waals surface area contributed by atoms with Crippen LogP contribution >= 0.6 is 0 Å². The fraction of sp³-hybridized carbons (Fsp3) is 0.742. The molecule has 3 heteroatoms. The van der Waals surface area contributed by atoms with Crippen molar-refractivity contribution in [3.8, 4) is 17.2 Å². The van der Waals surface area contributed by atoms with E-state index in [9.17, 15) is 15.3 Å². The van der Waals surface area contributed by atoms with E-state index in [2.05, 4.69) is 47.6 Å². The van der Waals surface area contributed by atoms with Gasteiger partial charge in [-0.05, 0) is 122 Å². The molecule has 1 aromatic rings. The van der Waals surface area contributed by atoms with Crippen molar-refractivity contribution in [1.82, 2.24) is 0 Å². The van der Waals surface area contributed by atoms with Crippen molar-refractivity contribution < 1.29 is 15.3 Å². The summed E-state index contributed by atoms with van der Waals surface area (Å²) in [6.45, 7) is 15.2. The third-order valence-electron chi connectivity index (χ3n) is 12.8. The van der Waals surface area contributed by atoms with Gasteiger partial charge < -0.3 is 15.3 Å². The van der Waals surface area contributed by atoms with Gasteiger partial charge in [-0.1, -0.05) is 46.3 Å². The molecule has 0 aliphatic heterocycles. The zero-order valence-electron chi connectivity index (χ0n) is 22.2. The average molecular weight is 467 g/mol. The van der Waals surface area contributed by atoms with Crippen LogP contribution in [0.1, 0.15) is 98.5 Å². The molecule has 5 rings (SSSR count). The number of allylic oxidation sites excluding steroid dienone is 2. The summed E-state index contributed by atoms with van der Waals surface area (Å²) >= 11 is 0. The summed E-state index contributed by atoms with van der Waals surface area (Å²) in [6.07, 6.45) is 13.6. The molecule has 34 heavy (non-hydrogen) atoms. The Labute approximate surface area is 206 Å². The van der Waals surface area contributed by atoms with Gasteiger partial charge in [-0.2, -0.15) is 0 Å². The van der Waals surface area contributed by atoms with E-state index in [0.717, 1.165) is 23.8 Å². The van der Waals surface area contributed by atoms with Crippen LogP contribution in [0.3, 0.4) is 0 Å². The smallest absolute Gasteiger partial charge is 0.161 e. The molecule has 4 aliphatic rings. The van der Waals surface area contributed by atoms with Crippen LogP contribution in [0.5, 0.6) is 17.2 Å². The van der Waals surface area contributed by atoms with Crippen LogP contribution in [0.4, 0.5) is 0 Å². The van der Waals surface area contributed by atoms with Crippen LogP contribution in [0.25, 0.3) is 0 Å². The first-order valence-corrected chi connectivity index (χ1v) is 13.8. The molecule has 0 amide bonds. The van der Waals surface area contributed by atoms with Gasteiger partial charge in [0.15, 0.2) is 11.5 Å². The Bertz CT molecular complexity index is 1010. The molecule has 8 atom stereocenters. The lowest BCUT2D eigenvalue weighted by Crippen LogP contribution is -2.63. The third kappa shape index (κ3) is 3.00. The van der Waals surface area contributed by atoms with Gasteiger partial charge in [-0.15, -0.1) is 0 Å². The SMILES string of the molecule is CC1=CCCC2(C)C3CCC4(C)C(Cc5cc(O)c(O)cc5O)C(C)CCC4(C)C3CCC12C. The van der Waals surface area contributed by atoms with Crippen molar-refractivity contribution in [3.63, 3.8) is 0 Å². The lowest BCUT2D eigenvalue weighted by atomic mass is 9.34. The molecule has 3 fully saturated rings. The number of benzene rings is 1. The summed E-state index contributed by atoms with van der Waals surface area (Å²) < 4.78 is 0. The molecule has 0 saturated heterocycles. The standard InChI is InChI=1S/C31H46O3/c1-19-9-13-30(5)23-10-14-28(3)20(2)8-7-12-29(28,4)22(23)11-15-31(30,6)24(19)16-21-17-26(33)27(34)18-25(21)32/h8,17-19,22-24,32-34H,7,9-16H2,1-6H3. The van der Waals surface area contributed by atoms with Crippen LogP contribution in [-0.2, 0) is 6.42 Å². The normalized spacial score (nSPS) is 46.1. The zero-order chi connectivity index (χ0) is 24.7. The maximum Gasteiger partial charge on any atom is 0.161 e. The second-order valence-electron chi connectivity index (χ2n) is 13.6. The minimum absolute atomic E-state index is 0.109. The molecule has 0 heterocycles. The molecule has 1 aromatic carbocycles. The number of hydrogen-bond acceptors (Lipinski definition) is 3. The highest BCUT2D eigenvalue weighted by Gasteiger charge is 2.66. The lowest BCUT2D eigenvalue weighted by molar-refractivity contribution is -0.208. The van der Waals surface area contributed by atoms with Crippen molar-refractivity contribution in [2.45, 2.75) is 99.3 Å². The van der Waals surface area contributed by atoms with Gasteiger partial charge in [-0.25, -0.2) is 0 Å². The van der Waals surface area contributed by atoms with Crippen LogP contribution < -0.4 is 0 Å². The van der Waals surface area contributed by atoms with E-state index in [-0.39, 0.29) is 22.7 Å². The number of aromatic hydroxyl groups is 3. The molecule has 4 aliphatic carbocycles. The second-order valence-corrected chi connectivity index (χ2v) is 13.6. The highest BCUT2D eigenvalue weighted by molar-refractivity contribution is 5.48. The monoisotopic (exact) mass is 466 g/mol. The first-order valence-electron chi connectivity index (χ1n) is 13.8. The molecule has 0 spiro atoms. The Balaban J connectivity index is 1.51. The van der Waals surface area contributed by atoms with E-state index in [1.165, 1.54) is 57.4 Å². The molecule has 3 saturated carbocycles. The van der Waals surface area contributed by atoms with Crippen LogP contribution in [0, 0.1) is 45.3 Å². The Morgan fingerprint density at radius 2 is 1.38 bits per heavy atom.